The van der Waals surface area contributed by atoms with Crippen LogP contribution in [0, 0.1) is 6.92 Å². The maximum atomic E-state index is 12.8. The molecule has 7 heteroatoms. The molecule has 1 aliphatic heterocycles. The number of carbonyl (C=O) groups excluding carboxylic acids is 2. The molecule has 3 aromatic rings. The summed E-state index contributed by atoms with van der Waals surface area (Å²) in [7, 11) is 0. The summed E-state index contributed by atoms with van der Waals surface area (Å²) < 4.78 is 0. The second-order valence-corrected chi connectivity index (χ2v) is 8.99. The van der Waals surface area contributed by atoms with Gasteiger partial charge in [0.1, 0.15) is 11.0 Å². The minimum absolute atomic E-state index is 0.0191. The van der Waals surface area contributed by atoms with Gasteiger partial charge in [0.05, 0.1) is 23.5 Å². The lowest BCUT2D eigenvalue weighted by atomic mass is 10.0. The maximum absolute atomic E-state index is 12.8. The van der Waals surface area contributed by atoms with Gasteiger partial charge in [-0.3, -0.25) is 9.59 Å². The second kappa shape index (κ2) is 8.88. The van der Waals surface area contributed by atoms with Crippen LogP contribution in [0.15, 0.2) is 47.2 Å². The molecule has 0 aliphatic carbocycles. The number of carbonyl (C=O) groups is 2. The van der Waals surface area contributed by atoms with Crippen LogP contribution in [0.3, 0.4) is 0 Å². The van der Waals surface area contributed by atoms with E-state index < -0.39 is 0 Å². The minimum Gasteiger partial charge on any atom is -0.349 e. The van der Waals surface area contributed by atoms with Gasteiger partial charge in [0.25, 0.3) is 0 Å². The van der Waals surface area contributed by atoms with Crippen molar-refractivity contribution >= 4 is 34.5 Å². The van der Waals surface area contributed by atoms with Gasteiger partial charge in [0.2, 0.25) is 11.8 Å². The topological polar surface area (TPSA) is 62.3 Å². The first-order chi connectivity index (χ1) is 14.1. The van der Waals surface area contributed by atoms with Crippen LogP contribution in [0.5, 0.6) is 0 Å². The highest BCUT2D eigenvalue weighted by molar-refractivity contribution is 7.20. The fourth-order valence-electron chi connectivity index (χ4n) is 3.61. The first-order valence-electron chi connectivity index (χ1n) is 9.72. The third-order valence-electron chi connectivity index (χ3n) is 5.21. The average Bonchev–Trinajstić information content (AvgIpc) is 3.48. The van der Waals surface area contributed by atoms with Gasteiger partial charge in [-0.05, 0) is 42.3 Å². The van der Waals surface area contributed by atoms with E-state index in [-0.39, 0.29) is 17.9 Å². The molecule has 1 aromatic carbocycles. The first-order valence-corrected chi connectivity index (χ1v) is 11.5. The average molecular weight is 426 g/mol. The monoisotopic (exact) mass is 425 g/mol. The van der Waals surface area contributed by atoms with Crippen molar-refractivity contribution in [1.29, 1.82) is 0 Å². The number of thiazole rings is 1. The Balaban J connectivity index is 1.35. The number of amides is 2. The van der Waals surface area contributed by atoms with Crippen molar-refractivity contribution in [3.8, 4) is 9.88 Å². The molecule has 0 spiro atoms. The van der Waals surface area contributed by atoms with Crippen molar-refractivity contribution in [2.45, 2.75) is 38.8 Å². The number of likely N-dealkylation sites (tertiary alicyclic amines) is 1. The Morgan fingerprint density at radius 2 is 2.07 bits per heavy atom. The van der Waals surface area contributed by atoms with E-state index in [2.05, 4.69) is 10.3 Å². The zero-order chi connectivity index (χ0) is 20.2. The lowest BCUT2D eigenvalue weighted by molar-refractivity contribution is -0.138. The summed E-state index contributed by atoms with van der Waals surface area (Å²) in [6, 6.07) is 11.6. The van der Waals surface area contributed by atoms with E-state index in [9.17, 15) is 9.59 Å². The fourth-order valence-corrected chi connectivity index (χ4v) is 5.24. The van der Waals surface area contributed by atoms with E-state index in [4.69, 9.17) is 0 Å². The van der Waals surface area contributed by atoms with Crippen molar-refractivity contribution in [3.63, 3.8) is 0 Å². The molecule has 0 radical (unpaired) electrons. The Morgan fingerprint density at radius 3 is 2.86 bits per heavy atom. The number of benzene rings is 1. The highest BCUT2D eigenvalue weighted by atomic mass is 32.1. The molecule has 1 saturated heterocycles. The van der Waals surface area contributed by atoms with Crippen LogP contribution in [0.1, 0.15) is 29.7 Å². The summed E-state index contributed by atoms with van der Waals surface area (Å²) in [6.45, 7) is 3.04. The standard InChI is InChI=1S/C22H23N3O2S2/c1-15-6-2-3-7-16(15)12-20(26)25-10-4-8-18(25)21(27)23-13-17-14-29-22(24-17)19-9-5-11-28-19/h2-3,5-7,9,11,14,18H,4,8,10,12-13H2,1H3,(H,23,27). The fraction of sp³-hybridized carbons (Fsp3) is 0.318. The van der Waals surface area contributed by atoms with Crippen LogP contribution in [0.25, 0.3) is 9.88 Å². The van der Waals surface area contributed by atoms with Gasteiger partial charge in [0, 0.05) is 11.9 Å². The summed E-state index contributed by atoms with van der Waals surface area (Å²) >= 11 is 3.24. The van der Waals surface area contributed by atoms with Crippen LogP contribution in [0.2, 0.25) is 0 Å². The summed E-state index contributed by atoms with van der Waals surface area (Å²) in [5.74, 6) is -0.0723. The number of nitrogens with one attached hydrogen (secondary N) is 1. The van der Waals surface area contributed by atoms with Crippen molar-refractivity contribution < 1.29 is 9.59 Å². The largest absolute Gasteiger partial charge is 0.349 e. The Labute approximate surface area is 178 Å². The lowest BCUT2D eigenvalue weighted by Crippen LogP contribution is -2.46. The predicted molar refractivity (Wildman–Crippen MR) is 117 cm³/mol. The Bertz CT molecular complexity index is 997. The van der Waals surface area contributed by atoms with E-state index in [0.29, 0.717) is 25.9 Å². The van der Waals surface area contributed by atoms with Crippen LogP contribution in [-0.2, 0) is 22.6 Å². The van der Waals surface area contributed by atoms with Gasteiger partial charge in [-0.15, -0.1) is 22.7 Å². The molecule has 4 rings (SSSR count). The molecule has 1 fully saturated rings. The predicted octanol–water partition coefficient (Wildman–Crippen LogP) is 4.03. The quantitative estimate of drug-likeness (QED) is 0.649. The van der Waals surface area contributed by atoms with Gasteiger partial charge in [-0.2, -0.15) is 0 Å². The summed E-state index contributed by atoms with van der Waals surface area (Å²) in [5, 5.41) is 7.95. The van der Waals surface area contributed by atoms with Crippen molar-refractivity contribution in [1.82, 2.24) is 15.2 Å². The highest BCUT2D eigenvalue weighted by Crippen LogP contribution is 2.28. The molecule has 0 saturated carbocycles. The van der Waals surface area contributed by atoms with E-state index in [1.165, 1.54) is 0 Å². The molecule has 2 aromatic heterocycles. The number of aryl methyl sites for hydroxylation is 1. The lowest BCUT2D eigenvalue weighted by Gasteiger charge is -2.24. The third-order valence-corrected chi connectivity index (χ3v) is 7.14. The normalized spacial score (nSPS) is 16.2. The molecule has 0 bridgehead atoms. The van der Waals surface area contributed by atoms with Gasteiger partial charge in [-0.25, -0.2) is 4.98 Å². The van der Waals surface area contributed by atoms with Crippen LogP contribution >= 0.6 is 22.7 Å². The van der Waals surface area contributed by atoms with Crippen molar-refractivity contribution in [3.05, 3.63) is 64.0 Å². The van der Waals surface area contributed by atoms with Crippen LogP contribution in [0.4, 0.5) is 0 Å². The van der Waals surface area contributed by atoms with E-state index in [1.54, 1.807) is 27.6 Å². The van der Waals surface area contributed by atoms with E-state index in [1.807, 2.05) is 54.1 Å². The molecule has 1 unspecified atom stereocenters. The van der Waals surface area contributed by atoms with E-state index >= 15 is 0 Å². The molecule has 1 aliphatic rings. The maximum Gasteiger partial charge on any atom is 0.243 e. The minimum atomic E-state index is -0.387. The number of nitrogens with zero attached hydrogens (tertiary/aromatic N) is 2. The summed E-state index contributed by atoms with van der Waals surface area (Å²) in [6.07, 6.45) is 1.91. The van der Waals surface area contributed by atoms with Gasteiger partial charge >= 0.3 is 0 Å². The number of rotatable bonds is 6. The number of hydrogen-bond donors (Lipinski definition) is 1. The summed E-state index contributed by atoms with van der Waals surface area (Å²) in [4.78, 5) is 33.1. The molecule has 1 N–H and O–H groups in total. The Morgan fingerprint density at radius 1 is 1.21 bits per heavy atom. The van der Waals surface area contributed by atoms with E-state index in [0.717, 1.165) is 33.1 Å². The number of thiophene rings is 1. The Hall–Kier alpha value is -2.51. The molecule has 3 heterocycles. The second-order valence-electron chi connectivity index (χ2n) is 7.19. The highest BCUT2D eigenvalue weighted by Gasteiger charge is 2.33. The third kappa shape index (κ3) is 4.57. The zero-order valence-electron chi connectivity index (χ0n) is 16.3. The molecular weight excluding hydrogens is 402 g/mol. The van der Waals surface area contributed by atoms with Crippen LogP contribution < -0.4 is 5.32 Å². The molecule has 5 nitrogen and oxygen atoms in total. The summed E-state index contributed by atoms with van der Waals surface area (Å²) in [5.41, 5.74) is 2.97. The molecule has 150 valence electrons. The molecule has 1 atom stereocenters. The van der Waals surface area contributed by atoms with Gasteiger partial charge in [-0.1, -0.05) is 30.3 Å². The number of hydrogen-bond acceptors (Lipinski definition) is 5. The smallest absolute Gasteiger partial charge is 0.243 e. The van der Waals surface area contributed by atoms with Crippen molar-refractivity contribution in [2.24, 2.45) is 0 Å². The molecule has 29 heavy (non-hydrogen) atoms. The van der Waals surface area contributed by atoms with Crippen LogP contribution in [-0.4, -0.2) is 34.3 Å². The SMILES string of the molecule is Cc1ccccc1CC(=O)N1CCCC1C(=O)NCc1csc(-c2cccs2)n1. The number of aromatic nitrogens is 1. The molecule has 2 amide bonds. The zero-order valence-corrected chi connectivity index (χ0v) is 17.9. The van der Waals surface area contributed by atoms with Crippen molar-refractivity contribution in [2.75, 3.05) is 6.54 Å². The van der Waals surface area contributed by atoms with Gasteiger partial charge in [0.15, 0.2) is 0 Å². The Kier molecular flexibility index (Phi) is 6.06. The van der Waals surface area contributed by atoms with Gasteiger partial charge < -0.3 is 10.2 Å². The molecular formula is C22H23N3O2S2. The first kappa shape index (κ1) is 19.8.